The Balaban J connectivity index is 1.95. The van der Waals surface area contributed by atoms with E-state index in [-0.39, 0.29) is 6.61 Å². The van der Waals surface area contributed by atoms with Crippen molar-refractivity contribution in [1.29, 1.82) is 0 Å². The highest BCUT2D eigenvalue weighted by Gasteiger charge is 2.52. The van der Waals surface area contributed by atoms with Crippen LogP contribution in [0, 0.1) is 5.92 Å². The van der Waals surface area contributed by atoms with Gasteiger partial charge in [0.2, 0.25) is 0 Å². The van der Waals surface area contributed by atoms with E-state index in [1.807, 2.05) is 0 Å². The van der Waals surface area contributed by atoms with Gasteiger partial charge in [-0.2, -0.15) is 0 Å². The number of nitrogens with one attached hydrogen (secondary N) is 1. The van der Waals surface area contributed by atoms with Crippen LogP contribution in [-0.4, -0.2) is 44.9 Å². The van der Waals surface area contributed by atoms with E-state index in [2.05, 4.69) is 4.98 Å². The predicted octanol–water partition coefficient (Wildman–Crippen LogP) is -2.24. The van der Waals surface area contributed by atoms with Crippen LogP contribution in [0.3, 0.4) is 0 Å². The maximum Gasteiger partial charge on any atom is 0.330 e. The standard InChI is InChI=1S/C10H12N2O6/c13-5-1-2-12(10(16)11-5)8-7(14)6-4(18-8)3-17-9(6)15/h1-2,4,6-9,14-15H,3H2,(H,11,13,16). The first-order valence-electron chi connectivity index (χ1n) is 5.52. The molecule has 2 saturated heterocycles. The first-order valence-corrected chi connectivity index (χ1v) is 5.52. The minimum atomic E-state index is -1.10. The highest BCUT2D eigenvalue weighted by atomic mass is 16.6. The van der Waals surface area contributed by atoms with Crippen LogP contribution in [0.15, 0.2) is 21.9 Å². The summed E-state index contributed by atoms with van der Waals surface area (Å²) in [5.74, 6) is -0.589. The second-order valence-corrected chi connectivity index (χ2v) is 4.37. The molecule has 3 rings (SSSR count). The molecule has 0 spiro atoms. The van der Waals surface area contributed by atoms with E-state index in [1.54, 1.807) is 0 Å². The van der Waals surface area contributed by atoms with Gasteiger partial charge >= 0.3 is 5.69 Å². The van der Waals surface area contributed by atoms with Crippen molar-refractivity contribution in [1.82, 2.24) is 9.55 Å². The Bertz CT molecular complexity index is 566. The minimum Gasteiger partial charge on any atom is -0.388 e. The monoisotopic (exact) mass is 256 g/mol. The van der Waals surface area contributed by atoms with Crippen molar-refractivity contribution < 1.29 is 19.7 Å². The Hall–Kier alpha value is -1.48. The minimum absolute atomic E-state index is 0.164. The van der Waals surface area contributed by atoms with Crippen LogP contribution in [0.2, 0.25) is 0 Å². The number of fused-ring (bicyclic) bond motifs is 1. The first kappa shape index (κ1) is 11.6. The highest BCUT2D eigenvalue weighted by Crippen LogP contribution is 2.39. The molecule has 8 nitrogen and oxygen atoms in total. The molecule has 3 N–H and O–H groups in total. The molecule has 0 aromatic carbocycles. The number of hydrogen-bond acceptors (Lipinski definition) is 6. The van der Waals surface area contributed by atoms with Gasteiger partial charge in [-0.05, 0) is 0 Å². The fourth-order valence-electron chi connectivity index (χ4n) is 2.43. The van der Waals surface area contributed by atoms with E-state index < -0.39 is 41.9 Å². The van der Waals surface area contributed by atoms with Gasteiger partial charge < -0.3 is 19.7 Å². The van der Waals surface area contributed by atoms with Crippen LogP contribution in [0.1, 0.15) is 6.23 Å². The summed E-state index contributed by atoms with van der Waals surface area (Å²) < 4.78 is 11.5. The molecule has 2 aliphatic rings. The zero-order valence-electron chi connectivity index (χ0n) is 9.22. The lowest BCUT2D eigenvalue weighted by molar-refractivity contribution is -0.126. The summed E-state index contributed by atoms with van der Waals surface area (Å²) in [6.45, 7) is 0.164. The van der Waals surface area contributed by atoms with E-state index >= 15 is 0 Å². The van der Waals surface area contributed by atoms with Crippen LogP contribution in [-0.2, 0) is 9.47 Å². The van der Waals surface area contributed by atoms with E-state index in [0.717, 1.165) is 4.57 Å². The van der Waals surface area contributed by atoms with Gasteiger partial charge in [-0.1, -0.05) is 0 Å². The quantitative estimate of drug-likeness (QED) is 0.523. The number of aromatic nitrogens is 2. The third-order valence-electron chi connectivity index (χ3n) is 3.32. The third kappa shape index (κ3) is 1.62. The van der Waals surface area contributed by atoms with Gasteiger partial charge in [0.1, 0.15) is 6.10 Å². The number of nitrogens with zero attached hydrogens (tertiary/aromatic N) is 1. The van der Waals surface area contributed by atoms with Gasteiger partial charge in [0.25, 0.3) is 5.56 Å². The van der Waals surface area contributed by atoms with E-state index in [1.165, 1.54) is 12.3 Å². The van der Waals surface area contributed by atoms with E-state index in [4.69, 9.17) is 9.47 Å². The van der Waals surface area contributed by atoms with Crippen molar-refractivity contribution in [3.63, 3.8) is 0 Å². The van der Waals surface area contributed by atoms with Gasteiger partial charge in [-0.15, -0.1) is 0 Å². The van der Waals surface area contributed by atoms with Crippen molar-refractivity contribution in [2.24, 2.45) is 5.92 Å². The van der Waals surface area contributed by atoms with E-state index in [0.29, 0.717) is 0 Å². The molecule has 5 unspecified atom stereocenters. The molecule has 0 bridgehead atoms. The van der Waals surface area contributed by atoms with Crippen molar-refractivity contribution in [2.45, 2.75) is 24.7 Å². The summed E-state index contributed by atoms with van der Waals surface area (Å²) in [5.41, 5.74) is -1.19. The fraction of sp³-hybridized carbons (Fsp3) is 0.600. The second-order valence-electron chi connectivity index (χ2n) is 4.37. The van der Waals surface area contributed by atoms with Gasteiger partial charge in [-0.3, -0.25) is 14.3 Å². The SMILES string of the molecule is O=c1ccn(C2OC3COC(O)C3C2O)c(=O)[nH]1. The summed E-state index contributed by atoms with van der Waals surface area (Å²) >= 11 is 0. The van der Waals surface area contributed by atoms with E-state index in [9.17, 15) is 19.8 Å². The maximum absolute atomic E-state index is 11.6. The Morgan fingerprint density at radius 2 is 2.17 bits per heavy atom. The molecular formula is C10H12N2O6. The normalized spacial score (nSPS) is 38.9. The van der Waals surface area contributed by atoms with Crippen LogP contribution in [0.5, 0.6) is 0 Å². The molecular weight excluding hydrogens is 244 g/mol. The average Bonchev–Trinajstić information content (AvgIpc) is 2.82. The lowest BCUT2D eigenvalue weighted by atomic mass is 10.00. The Labute approximate surface area is 100 Å². The fourth-order valence-corrected chi connectivity index (χ4v) is 2.43. The molecule has 3 heterocycles. The van der Waals surface area contributed by atoms with Crippen molar-refractivity contribution >= 4 is 0 Å². The van der Waals surface area contributed by atoms with Gasteiger partial charge in [0.05, 0.1) is 18.6 Å². The molecule has 0 radical (unpaired) electrons. The van der Waals surface area contributed by atoms with Crippen LogP contribution >= 0.6 is 0 Å². The molecule has 1 aromatic rings. The molecule has 1 aromatic heterocycles. The largest absolute Gasteiger partial charge is 0.388 e. The average molecular weight is 256 g/mol. The molecule has 5 atom stereocenters. The summed E-state index contributed by atoms with van der Waals surface area (Å²) in [6, 6.07) is 1.17. The molecule has 2 fully saturated rings. The first-order chi connectivity index (χ1) is 8.58. The molecule has 98 valence electrons. The molecule has 0 aliphatic carbocycles. The number of hydrogen-bond donors (Lipinski definition) is 3. The molecule has 8 heteroatoms. The van der Waals surface area contributed by atoms with Crippen LogP contribution in [0.4, 0.5) is 0 Å². The highest BCUT2D eigenvalue weighted by molar-refractivity contribution is 4.96. The summed E-state index contributed by atoms with van der Waals surface area (Å²) in [7, 11) is 0. The van der Waals surface area contributed by atoms with Crippen molar-refractivity contribution in [3.8, 4) is 0 Å². The number of aliphatic hydroxyl groups is 2. The molecule has 0 saturated carbocycles. The Kier molecular flexibility index (Phi) is 2.59. The number of H-pyrrole nitrogens is 1. The smallest absolute Gasteiger partial charge is 0.330 e. The molecule has 2 aliphatic heterocycles. The Morgan fingerprint density at radius 3 is 2.83 bits per heavy atom. The summed E-state index contributed by atoms with van der Waals surface area (Å²) in [4.78, 5) is 24.6. The lowest BCUT2D eigenvalue weighted by Crippen LogP contribution is -2.38. The van der Waals surface area contributed by atoms with Crippen molar-refractivity contribution in [3.05, 3.63) is 33.1 Å². The predicted molar refractivity (Wildman–Crippen MR) is 56.7 cm³/mol. The zero-order chi connectivity index (χ0) is 12.9. The van der Waals surface area contributed by atoms with Gasteiger partial charge in [0.15, 0.2) is 12.5 Å². The number of aromatic amines is 1. The summed E-state index contributed by atoms with van der Waals surface area (Å²) in [5, 5.41) is 19.6. The Morgan fingerprint density at radius 1 is 1.39 bits per heavy atom. The van der Waals surface area contributed by atoms with Crippen LogP contribution < -0.4 is 11.2 Å². The molecule has 18 heavy (non-hydrogen) atoms. The molecule has 0 amide bonds. The van der Waals surface area contributed by atoms with Crippen LogP contribution in [0.25, 0.3) is 0 Å². The number of ether oxygens (including phenoxy) is 2. The van der Waals surface area contributed by atoms with Gasteiger partial charge in [-0.25, -0.2) is 4.79 Å². The topological polar surface area (TPSA) is 114 Å². The van der Waals surface area contributed by atoms with Crippen molar-refractivity contribution in [2.75, 3.05) is 6.61 Å². The van der Waals surface area contributed by atoms with Gasteiger partial charge in [0, 0.05) is 12.3 Å². The third-order valence-corrected chi connectivity index (χ3v) is 3.32. The summed E-state index contributed by atoms with van der Waals surface area (Å²) in [6.07, 6.45) is -2.31. The number of rotatable bonds is 1. The number of aliphatic hydroxyl groups excluding tert-OH is 2. The second kappa shape index (κ2) is 4.02. The maximum atomic E-state index is 11.6. The lowest BCUT2D eigenvalue weighted by Gasteiger charge is -2.20. The zero-order valence-corrected chi connectivity index (χ0v) is 9.22.